The van der Waals surface area contributed by atoms with Crippen LogP contribution in [0.4, 0.5) is 0 Å². The van der Waals surface area contributed by atoms with Crippen LogP contribution in [0, 0.1) is 6.92 Å². The molecule has 24 heavy (non-hydrogen) atoms. The molecule has 0 saturated heterocycles. The molecule has 1 aromatic heterocycles. The number of hydrogen-bond donors (Lipinski definition) is 0. The van der Waals surface area contributed by atoms with Gasteiger partial charge in [-0.1, -0.05) is 48.5 Å². The normalized spacial score (nSPS) is 10.6. The fraction of sp³-hybridized carbons (Fsp3) is 0.190. The molecule has 3 aromatic rings. The van der Waals surface area contributed by atoms with Crippen LogP contribution < -0.4 is 0 Å². The van der Waals surface area contributed by atoms with Gasteiger partial charge in [0.05, 0.1) is 6.54 Å². The zero-order valence-corrected chi connectivity index (χ0v) is 14.0. The van der Waals surface area contributed by atoms with E-state index in [0.717, 1.165) is 29.1 Å². The van der Waals surface area contributed by atoms with Crippen molar-refractivity contribution >= 4 is 5.91 Å². The number of aryl methyl sites for hydroxylation is 1. The molecule has 0 N–H and O–H groups in total. The summed E-state index contributed by atoms with van der Waals surface area (Å²) in [5.74, 6) is 1.66. The Morgan fingerprint density at radius 2 is 1.67 bits per heavy atom. The van der Waals surface area contributed by atoms with E-state index in [4.69, 9.17) is 4.42 Å². The van der Waals surface area contributed by atoms with Crippen molar-refractivity contribution in [3.63, 3.8) is 0 Å². The lowest BCUT2D eigenvalue weighted by atomic mass is 9.99. The van der Waals surface area contributed by atoms with Crippen LogP contribution in [0.2, 0.25) is 0 Å². The average Bonchev–Trinajstić information content (AvgIpc) is 3.00. The molecule has 0 aliphatic heterocycles. The fourth-order valence-corrected chi connectivity index (χ4v) is 2.78. The topological polar surface area (TPSA) is 33.5 Å². The Labute approximate surface area is 142 Å². The SMILES string of the molecule is Cc1ccc(CN(C)C(=O)c2ccccc2Cc2ccccc2)o1. The summed E-state index contributed by atoms with van der Waals surface area (Å²) in [4.78, 5) is 14.5. The molecular weight excluding hydrogens is 298 g/mol. The van der Waals surface area contributed by atoms with Gasteiger partial charge >= 0.3 is 0 Å². The minimum absolute atomic E-state index is 0.00980. The Morgan fingerprint density at radius 3 is 2.38 bits per heavy atom. The first-order chi connectivity index (χ1) is 11.6. The maximum Gasteiger partial charge on any atom is 0.254 e. The van der Waals surface area contributed by atoms with Gasteiger partial charge in [-0.2, -0.15) is 0 Å². The van der Waals surface area contributed by atoms with Crippen LogP contribution in [0.1, 0.15) is 33.0 Å². The molecule has 0 aliphatic rings. The second kappa shape index (κ2) is 7.18. The third-order valence-electron chi connectivity index (χ3n) is 4.02. The van der Waals surface area contributed by atoms with E-state index >= 15 is 0 Å². The van der Waals surface area contributed by atoms with Crippen molar-refractivity contribution in [1.82, 2.24) is 4.90 Å². The minimum atomic E-state index is 0.00980. The molecule has 0 radical (unpaired) electrons. The number of carbonyl (C=O) groups excluding carboxylic acids is 1. The van der Waals surface area contributed by atoms with Crippen LogP contribution in [-0.4, -0.2) is 17.9 Å². The van der Waals surface area contributed by atoms with Gasteiger partial charge in [-0.25, -0.2) is 0 Å². The van der Waals surface area contributed by atoms with E-state index in [1.54, 1.807) is 11.9 Å². The van der Waals surface area contributed by atoms with Gasteiger partial charge in [-0.3, -0.25) is 4.79 Å². The van der Waals surface area contributed by atoms with E-state index in [1.165, 1.54) is 5.56 Å². The molecule has 0 unspecified atom stereocenters. The number of carbonyl (C=O) groups is 1. The lowest BCUT2D eigenvalue weighted by Crippen LogP contribution is -2.27. The summed E-state index contributed by atoms with van der Waals surface area (Å²) in [6.45, 7) is 2.37. The Hall–Kier alpha value is -2.81. The summed E-state index contributed by atoms with van der Waals surface area (Å²) < 4.78 is 5.57. The zero-order chi connectivity index (χ0) is 16.9. The second-order valence-corrected chi connectivity index (χ2v) is 5.99. The predicted molar refractivity (Wildman–Crippen MR) is 94.9 cm³/mol. The highest BCUT2D eigenvalue weighted by Crippen LogP contribution is 2.17. The average molecular weight is 319 g/mol. The van der Waals surface area contributed by atoms with Crippen LogP contribution in [-0.2, 0) is 13.0 Å². The molecule has 3 heteroatoms. The van der Waals surface area contributed by atoms with Crippen molar-refractivity contribution in [2.75, 3.05) is 7.05 Å². The van der Waals surface area contributed by atoms with Crippen LogP contribution >= 0.6 is 0 Å². The molecule has 3 rings (SSSR count). The minimum Gasteiger partial charge on any atom is -0.464 e. The highest BCUT2D eigenvalue weighted by molar-refractivity contribution is 5.95. The summed E-state index contributed by atoms with van der Waals surface area (Å²) in [6.07, 6.45) is 0.746. The number of furan rings is 1. The van der Waals surface area contributed by atoms with E-state index in [9.17, 15) is 4.79 Å². The monoisotopic (exact) mass is 319 g/mol. The van der Waals surface area contributed by atoms with Gasteiger partial charge in [0.15, 0.2) is 0 Å². The zero-order valence-electron chi connectivity index (χ0n) is 14.0. The van der Waals surface area contributed by atoms with Crippen molar-refractivity contribution in [1.29, 1.82) is 0 Å². The van der Waals surface area contributed by atoms with Crippen molar-refractivity contribution in [2.24, 2.45) is 0 Å². The van der Waals surface area contributed by atoms with Crippen LogP contribution in [0.3, 0.4) is 0 Å². The van der Waals surface area contributed by atoms with Crippen LogP contribution in [0.15, 0.2) is 71.1 Å². The molecule has 3 nitrogen and oxygen atoms in total. The van der Waals surface area contributed by atoms with Crippen molar-refractivity contribution < 1.29 is 9.21 Å². The molecule has 1 heterocycles. The quantitative estimate of drug-likeness (QED) is 0.696. The molecule has 122 valence electrons. The van der Waals surface area contributed by atoms with Gasteiger partial charge in [0.1, 0.15) is 11.5 Å². The molecule has 0 saturated carbocycles. The first-order valence-electron chi connectivity index (χ1n) is 8.06. The van der Waals surface area contributed by atoms with Gasteiger partial charge in [0, 0.05) is 12.6 Å². The highest BCUT2D eigenvalue weighted by atomic mass is 16.3. The van der Waals surface area contributed by atoms with Gasteiger partial charge in [-0.15, -0.1) is 0 Å². The standard InChI is InChI=1S/C21H21NO2/c1-16-12-13-19(24-16)15-22(2)21(23)20-11-7-6-10-18(20)14-17-8-4-3-5-9-17/h3-13H,14-15H2,1-2H3. The Kier molecular flexibility index (Phi) is 4.80. The summed E-state index contributed by atoms with van der Waals surface area (Å²) in [5.41, 5.74) is 2.98. The van der Waals surface area contributed by atoms with E-state index < -0.39 is 0 Å². The fourth-order valence-electron chi connectivity index (χ4n) is 2.78. The van der Waals surface area contributed by atoms with Gasteiger partial charge in [0.2, 0.25) is 0 Å². The third-order valence-corrected chi connectivity index (χ3v) is 4.02. The first kappa shape index (κ1) is 16.1. The highest BCUT2D eigenvalue weighted by Gasteiger charge is 2.17. The molecular formula is C21H21NO2. The van der Waals surface area contributed by atoms with E-state index in [2.05, 4.69) is 12.1 Å². The second-order valence-electron chi connectivity index (χ2n) is 5.99. The maximum atomic E-state index is 12.9. The summed E-state index contributed by atoms with van der Waals surface area (Å²) in [7, 11) is 1.81. The molecule has 1 amide bonds. The van der Waals surface area contributed by atoms with Crippen LogP contribution in [0.5, 0.6) is 0 Å². The molecule has 0 fully saturated rings. The van der Waals surface area contributed by atoms with Gasteiger partial charge in [-0.05, 0) is 42.7 Å². The largest absolute Gasteiger partial charge is 0.464 e. The van der Waals surface area contributed by atoms with Gasteiger partial charge < -0.3 is 9.32 Å². The lowest BCUT2D eigenvalue weighted by Gasteiger charge is -2.18. The molecule has 2 aromatic carbocycles. The Balaban J connectivity index is 1.79. The molecule has 0 aliphatic carbocycles. The van der Waals surface area contributed by atoms with Crippen molar-refractivity contribution in [3.05, 3.63) is 94.9 Å². The van der Waals surface area contributed by atoms with Crippen molar-refractivity contribution in [2.45, 2.75) is 19.9 Å². The first-order valence-corrected chi connectivity index (χ1v) is 8.06. The number of nitrogens with zero attached hydrogens (tertiary/aromatic N) is 1. The Morgan fingerprint density at radius 1 is 0.958 bits per heavy atom. The number of benzene rings is 2. The summed E-state index contributed by atoms with van der Waals surface area (Å²) in [5, 5.41) is 0. The molecule has 0 spiro atoms. The van der Waals surface area contributed by atoms with E-state index in [0.29, 0.717) is 6.54 Å². The number of rotatable bonds is 5. The summed E-state index contributed by atoms with van der Waals surface area (Å²) in [6, 6.07) is 21.8. The third kappa shape index (κ3) is 3.74. The van der Waals surface area contributed by atoms with Crippen LogP contribution in [0.25, 0.3) is 0 Å². The van der Waals surface area contributed by atoms with Crippen molar-refractivity contribution in [3.8, 4) is 0 Å². The number of amides is 1. The molecule has 0 atom stereocenters. The number of hydrogen-bond acceptors (Lipinski definition) is 2. The maximum absolute atomic E-state index is 12.9. The van der Waals surface area contributed by atoms with Gasteiger partial charge in [0.25, 0.3) is 5.91 Å². The lowest BCUT2D eigenvalue weighted by molar-refractivity contribution is 0.0774. The molecule has 0 bridgehead atoms. The van der Waals surface area contributed by atoms with E-state index in [-0.39, 0.29) is 5.91 Å². The predicted octanol–water partition coefficient (Wildman–Crippen LogP) is 4.45. The van der Waals surface area contributed by atoms with E-state index in [1.807, 2.05) is 61.5 Å². The smallest absolute Gasteiger partial charge is 0.254 e. The summed E-state index contributed by atoms with van der Waals surface area (Å²) >= 11 is 0. The Bertz CT molecular complexity index is 821.